The van der Waals surface area contributed by atoms with E-state index in [0.717, 1.165) is 12.8 Å². The molecule has 0 aliphatic rings. The summed E-state index contributed by atoms with van der Waals surface area (Å²) in [4.78, 5) is 8.09. The number of rotatable bonds is 3. The van der Waals surface area contributed by atoms with E-state index in [4.69, 9.17) is 0 Å². The molecular weight excluding hydrogens is 136 g/mol. The van der Waals surface area contributed by atoms with Gasteiger partial charge in [-0.15, -0.1) is 0 Å². The van der Waals surface area contributed by atoms with E-state index in [9.17, 15) is 0 Å². The van der Waals surface area contributed by atoms with E-state index >= 15 is 0 Å². The Labute approximate surface area is 67.7 Å². The van der Waals surface area contributed by atoms with Crippen molar-refractivity contribution < 1.29 is 0 Å². The van der Waals surface area contributed by atoms with Gasteiger partial charge in [0.2, 0.25) is 0 Å². The molecule has 0 N–H and O–H groups in total. The van der Waals surface area contributed by atoms with Crippen molar-refractivity contribution in [3.8, 4) is 0 Å². The summed E-state index contributed by atoms with van der Waals surface area (Å²) in [6, 6.07) is 2.00. The summed E-state index contributed by atoms with van der Waals surface area (Å²) in [5.74, 6) is 0.609. The van der Waals surface area contributed by atoms with E-state index in [1.54, 1.807) is 12.5 Å². The molecule has 0 spiro atoms. The number of aromatic nitrogens is 2. The van der Waals surface area contributed by atoms with Crippen LogP contribution in [0.5, 0.6) is 0 Å². The molecule has 1 aromatic rings. The number of hydrogen-bond acceptors (Lipinski definition) is 2. The summed E-state index contributed by atoms with van der Waals surface area (Å²) in [6.07, 6.45) is 5.75. The summed E-state index contributed by atoms with van der Waals surface area (Å²) in [7, 11) is 0. The largest absolute Gasteiger partial charge is 0.245 e. The lowest BCUT2D eigenvalue weighted by Crippen LogP contribution is -1.98. The molecule has 1 aromatic heterocycles. The molecule has 0 aliphatic heterocycles. The Balaban J connectivity index is 2.74. The predicted molar refractivity (Wildman–Crippen MR) is 45.4 cm³/mol. The second kappa shape index (κ2) is 4.06. The zero-order chi connectivity index (χ0) is 8.10. The van der Waals surface area contributed by atoms with Crippen LogP contribution in [0.25, 0.3) is 0 Å². The SMILES string of the molecule is CCC(CC)c1ccncn1. The maximum Gasteiger partial charge on any atom is 0.115 e. The van der Waals surface area contributed by atoms with Crippen LogP contribution in [0.15, 0.2) is 18.6 Å². The predicted octanol–water partition coefficient (Wildman–Crippen LogP) is 2.38. The van der Waals surface area contributed by atoms with E-state index in [2.05, 4.69) is 23.8 Å². The van der Waals surface area contributed by atoms with E-state index in [1.165, 1.54) is 5.69 Å². The van der Waals surface area contributed by atoms with Gasteiger partial charge in [-0.2, -0.15) is 0 Å². The van der Waals surface area contributed by atoms with Crippen molar-refractivity contribution in [3.63, 3.8) is 0 Å². The lowest BCUT2D eigenvalue weighted by atomic mass is 10.00. The maximum atomic E-state index is 4.21. The van der Waals surface area contributed by atoms with Gasteiger partial charge in [0.05, 0.1) is 0 Å². The van der Waals surface area contributed by atoms with E-state index in [-0.39, 0.29) is 0 Å². The van der Waals surface area contributed by atoms with Crippen LogP contribution < -0.4 is 0 Å². The molecule has 0 bridgehead atoms. The smallest absolute Gasteiger partial charge is 0.115 e. The Morgan fingerprint density at radius 1 is 1.36 bits per heavy atom. The summed E-state index contributed by atoms with van der Waals surface area (Å²) in [5.41, 5.74) is 1.17. The molecule has 11 heavy (non-hydrogen) atoms. The number of nitrogens with zero attached hydrogens (tertiary/aromatic N) is 2. The first-order valence-corrected chi connectivity index (χ1v) is 4.14. The topological polar surface area (TPSA) is 25.8 Å². The summed E-state index contributed by atoms with van der Waals surface area (Å²) >= 11 is 0. The van der Waals surface area contributed by atoms with Crippen LogP contribution in [0.1, 0.15) is 38.3 Å². The van der Waals surface area contributed by atoms with Crippen LogP contribution in [-0.2, 0) is 0 Å². The molecule has 0 radical (unpaired) electrons. The monoisotopic (exact) mass is 150 g/mol. The van der Waals surface area contributed by atoms with Crippen LogP contribution in [0.2, 0.25) is 0 Å². The maximum absolute atomic E-state index is 4.21. The lowest BCUT2D eigenvalue weighted by molar-refractivity contribution is 0.621. The third-order valence-corrected chi connectivity index (χ3v) is 2.01. The minimum absolute atomic E-state index is 0.609. The van der Waals surface area contributed by atoms with E-state index in [0.29, 0.717) is 5.92 Å². The lowest BCUT2D eigenvalue weighted by Gasteiger charge is -2.09. The molecule has 2 heteroatoms. The van der Waals surface area contributed by atoms with Crippen molar-refractivity contribution in [2.24, 2.45) is 0 Å². The van der Waals surface area contributed by atoms with Gasteiger partial charge in [0.1, 0.15) is 6.33 Å². The van der Waals surface area contributed by atoms with Gasteiger partial charge in [-0.05, 0) is 18.9 Å². The fraction of sp³-hybridized carbons (Fsp3) is 0.556. The fourth-order valence-electron chi connectivity index (χ4n) is 1.25. The Morgan fingerprint density at radius 2 is 2.09 bits per heavy atom. The molecule has 0 unspecified atom stereocenters. The van der Waals surface area contributed by atoms with Gasteiger partial charge in [-0.3, -0.25) is 0 Å². The third kappa shape index (κ3) is 2.00. The fourth-order valence-corrected chi connectivity index (χ4v) is 1.25. The molecule has 2 nitrogen and oxygen atoms in total. The van der Waals surface area contributed by atoms with Crippen molar-refractivity contribution in [2.75, 3.05) is 0 Å². The van der Waals surface area contributed by atoms with Gasteiger partial charge in [0.25, 0.3) is 0 Å². The van der Waals surface area contributed by atoms with Crippen LogP contribution in [0, 0.1) is 0 Å². The first-order chi connectivity index (χ1) is 5.38. The minimum atomic E-state index is 0.609. The average molecular weight is 150 g/mol. The van der Waals surface area contributed by atoms with Crippen LogP contribution >= 0.6 is 0 Å². The van der Waals surface area contributed by atoms with E-state index < -0.39 is 0 Å². The van der Waals surface area contributed by atoms with E-state index in [1.807, 2.05) is 6.07 Å². The second-order valence-electron chi connectivity index (χ2n) is 2.65. The van der Waals surface area contributed by atoms with Gasteiger partial charge in [0.15, 0.2) is 0 Å². The average Bonchev–Trinajstić information content (AvgIpc) is 2.09. The minimum Gasteiger partial charge on any atom is -0.245 e. The molecule has 1 heterocycles. The van der Waals surface area contributed by atoms with Crippen molar-refractivity contribution in [1.29, 1.82) is 0 Å². The van der Waals surface area contributed by atoms with Gasteiger partial charge in [-0.1, -0.05) is 13.8 Å². The Morgan fingerprint density at radius 3 is 2.55 bits per heavy atom. The standard InChI is InChI=1S/C9H14N2/c1-3-8(4-2)9-5-6-10-7-11-9/h5-8H,3-4H2,1-2H3. The molecule has 0 fully saturated rings. The summed E-state index contributed by atoms with van der Waals surface area (Å²) < 4.78 is 0. The molecule has 1 rings (SSSR count). The molecule has 0 aromatic carbocycles. The highest BCUT2D eigenvalue weighted by molar-refractivity contribution is 5.04. The third-order valence-electron chi connectivity index (χ3n) is 2.01. The van der Waals surface area contributed by atoms with Crippen molar-refractivity contribution in [1.82, 2.24) is 9.97 Å². The Kier molecular flexibility index (Phi) is 3.02. The van der Waals surface area contributed by atoms with Crippen molar-refractivity contribution in [3.05, 3.63) is 24.3 Å². The quantitative estimate of drug-likeness (QED) is 0.661. The van der Waals surface area contributed by atoms with Crippen LogP contribution in [0.4, 0.5) is 0 Å². The highest BCUT2D eigenvalue weighted by Crippen LogP contribution is 2.19. The molecule has 0 atom stereocenters. The van der Waals surface area contributed by atoms with Gasteiger partial charge < -0.3 is 0 Å². The van der Waals surface area contributed by atoms with Gasteiger partial charge >= 0.3 is 0 Å². The number of hydrogen-bond donors (Lipinski definition) is 0. The van der Waals surface area contributed by atoms with Crippen molar-refractivity contribution >= 4 is 0 Å². The Bertz CT molecular complexity index is 192. The zero-order valence-corrected chi connectivity index (χ0v) is 7.12. The summed E-state index contributed by atoms with van der Waals surface area (Å²) in [6.45, 7) is 4.38. The summed E-state index contributed by atoms with van der Waals surface area (Å²) in [5, 5.41) is 0. The zero-order valence-electron chi connectivity index (χ0n) is 7.12. The molecular formula is C9H14N2. The molecule has 60 valence electrons. The molecule has 0 saturated carbocycles. The molecule has 0 amide bonds. The second-order valence-corrected chi connectivity index (χ2v) is 2.65. The Hall–Kier alpha value is -0.920. The first-order valence-electron chi connectivity index (χ1n) is 4.14. The van der Waals surface area contributed by atoms with Crippen LogP contribution in [0.3, 0.4) is 0 Å². The first kappa shape index (κ1) is 8.18. The highest BCUT2D eigenvalue weighted by atomic mass is 14.8. The normalized spacial score (nSPS) is 10.5. The highest BCUT2D eigenvalue weighted by Gasteiger charge is 2.06. The molecule has 0 saturated heterocycles. The van der Waals surface area contributed by atoms with Gasteiger partial charge in [0, 0.05) is 17.8 Å². The molecule has 0 aliphatic carbocycles. The van der Waals surface area contributed by atoms with Crippen LogP contribution in [-0.4, -0.2) is 9.97 Å². The van der Waals surface area contributed by atoms with Gasteiger partial charge in [-0.25, -0.2) is 9.97 Å². The van der Waals surface area contributed by atoms with Crippen molar-refractivity contribution in [2.45, 2.75) is 32.6 Å².